The molecule has 0 unspecified atom stereocenters. The monoisotopic (exact) mass is 136 g/mol. The summed E-state index contributed by atoms with van der Waals surface area (Å²) < 4.78 is 5.10. The van der Waals surface area contributed by atoms with Gasteiger partial charge in [0.1, 0.15) is 5.76 Å². The second-order valence-electron chi connectivity index (χ2n) is 2.74. The first-order valence-corrected chi connectivity index (χ1v) is 3.81. The summed E-state index contributed by atoms with van der Waals surface area (Å²) in [4.78, 5) is 4.03. The van der Waals surface area contributed by atoms with Crippen molar-refractivity contribution >= 4 is 0 Å². The first-order chi connectivity index (χ1) is 4.97. The van der Waals surface area contributed by atoms with Gasteiger partial charge >= 0.3 is 0 Å². The van der Waals surface area contributed by atoms with Gasteiger partial charge in [-0.1, -0.05) is 6.42 Å². The summed E-state index contributed by atoms with van der Waals surface area (Å²) in [5.74, 6) is 1.07. The van der Waals surface area contributed by atoms with Crippen LogP contribution >= 0.6 is 0 Å². The third-order valence-corrected chi connectivity index (χ3v) is 1.99. The van der Waals surface area contributed by atoms with Crippen molar-refractivity contribution in [2.45, 2.75) is 32.1 Å². The molecule has 0 aliphatic heterocycles. The standard InChI is InChI=1S/C8H10NO/c1-2-4-7-8(5-3-1)10-6-9-7/h1-5H2. The number of aromatic nitrogens is 1. The van der Waals surface area contributed by atoms with Crippen molar-refractivity contribution in [2.24, 2.45) is 0 Å². The minimum Gasteiger partial charge on any atom is -0.437 e. The molecule has 2 heteroatoms. The molecule has 0 aromatic carbocycles. The van der Waals surface area contributed by atoms with Crippen LogP contribution in [0.4, 0.5) is 0 Å². The molecule has 1 aromatic rings. The molecule has 0 saturated heterocycles. The molecule has 1 aliphatic rings. The Morgan fingerprint density at radius 1 is 1.20 bits per heavy atom. The predicted molar refractivity (Wildman–Crippen MR) is 36.6 cm³/mol. The van der Waals surface area contributed by atoms with E-state index in [1.807, 2.05) is 0 Å². The van der Waals surface area contributed by atoms with Crippen LogP contribution in [-0.4, -0.2) is 4.98 Å². The van der Waals surface area contributed by atoms with Crippen LogP contribution in [0.5, 0.6) is 0 Å². The van der Waals surface area contributed by atoms with Crippen molar-refractivity contribution < 1.29 is 4.42 Å². The highest BCUT2D eigenvalue weighted by molar-refractivity contribution is 5.08. The van der Waals surface area contributed by atoms with E-state index in [2.05, 4.69) is 11.4 Å². The molecule has 0 spiro atoms. The van der Waals surface area contributed by atoms with E-state index >= 15 is 0 Å². The normalized spacial score (nSPS) is 18.0. The molecule has 2 nitrogen and oxygen atoms in total. The van der Waals surface area contributed by atoms with Crippen LogP contribution in [-0.2, 0) is 12.8 Å². The molecule has 2 rings (SSSR count). The van der Waals surface area contributed by atoms with Crippen LogP contribution < -0.4 is 0 Å². The minimum absolute atomic E-state index is 1.06. The molecular weight excluding hydrogens is 126 g/mol. The summed E-state index contributed by atoms with van der Waals surface area (Å²) in [6, 6.07) is 0. The molecule has 0 bridgehead atoms. The quantitative estimate of drug-likeness (QED) is 0.508. The Morgan fingerprint density at radius 3 is 3.10 bits per heavy atom. The molecule has 1 aromatic heterocycles. The fraction of sp³-hybridized carbons (Fsp3) is 0.625. The zero-order chi connectivity index (χ0) is 6.81. The van der Waals surface area contributed by atoms with Gasteiger partial charge in [-0.05, 0) is 19.3 Å². The van der Waals surface area contributed by atoms with E-state index in [0.29, 0.717) is 0 Å². The van der Waals surface area contributed by atoms with E-state index in [0.717, 1.165) is 24.3 Å². The molecule has 0 fully saturated rings. The summed E-state index contributed by atoms with van der Waals surface area (Å²) in [6.07, 6.45) is 8.50. The highest BCUT2D eigenvalue weighted by Crippen LogP contribution is 2.18. The van der Waals surface area contributed by atoms with Crippen LogP contribution in [0.3, 0.4) is 0 Å². The van der Waals surface area contributed by atoms with Crippen LogP contribution in [0.2, 0.25) is 0 Å². The summed E-state index contributed by atoms with van der Waals surface area (Å²) in [5, 5.41) is 0. The van der Waals surface area contributed by atoms with Crippen LogP contribution in [0.15, 0.2) is 4.42 Å². The first kappa shape index (κ1) is 5.96. The summed E-state index contributed by atoms with van der Waals surface area (Å²) in [7, 11) is 0. The fourth-order valence-electron chi connectivity index (χ4n) is 1.40. The van der Waals surface area contributed by atoms with Crippen LogP contribution in [0.25, 0.3) is 0 Å². The average Bonchev–Trinajstić information content (AvgIpc) is 2.28. The van der Waals surface area contributed by atoms with Crippen LogP contribution in [0.1, 0.15) is 30.7 Å². The first-order valence-electron chi connectivity index (χ1n) is 3.81. The Labute approximate surface area is 60.3 Å². The van der Waals surface area contributed by atoms with Crippen LogP contribution in [0, 0.1) is 6.39 Å². The maximum Gasteiger partial charge on any atom is 0.284 e. The van der Waals surface area contributed by atoms with Crippen molar-refractivity contribution in [2.75, 3.05) is 0 Å². The van der Waals surface area contributed by atoms with Gasteiger partial charge in [0, 0.05) is 6.42 Å². The lowest BCUT2D eigenvalue weighted by molar-refractivity contribution is 0.488. The molecule has 0 N–H and O–H groups in total. The Balaban J connectivity index is 2.28. The molecule has 0 atom stereocenters. The number of fused-ring (bicyclic) bond motifs is 1. The number of aryl methyl sites for hydroxylation is 2. The van der Waals surface area contributed by atoms with Gasteiger partial charge in [-0.25, -0.2) is 4.98 Å². The second-order valence-corrected chi connectivity index (χ2v) is 2.74. The zero-order valence-corrected chi connectivity index (χ0v) is 5.89. The lowest BCUT2D eigenvalue weighted by atomic mass is 10.2. The van der Waals surface area contributed by atoms with E-state index < -0.39 is 0 Å². The molecule has 0 amide bonds. The lowest BCUT2D eigenvalue weighted by Gasteiger charge is -1.89. The Morgan fingerprint density at radius 2 is 2.10 bits per heavy atom. The van der Waals surface area contributed by atoms with Crippen molar-refractivity contribution in [1.29, 1.82) is 0 Å². The van der Waals surface area contributed by atoms with Gasteiger partial charge in [-0.3, -0.25) is 0 Å². The highest BCUT2D eigenvalue weighted by atomic mass is 16.3. The summed E-state index contributed by atoms with van der Waals surface area (Å²) in [5.41, 5.74) is 1.14. The van der Waals surface area contributed by atoms with Gasteiger partial charge in [0.25, 0.3) is 6.39 Å². The summed E-state index contributed by atoms with van der Waals surface area (Å²) >= 11 is 0. The molecule has 0 saturated carbocycles. The molecular formula is C8H10NO. The third kappa shape index (κ3) is 0.939. The highest BCUT2D eigenvalue weighted by Gasteiger charge is 2.11. The number of rotatable bonds is 0. The van der Waals surface area contributed by atoms with Crippen molar-refractivity contribution in [3.05, 3.63) is 17.8 Å². The van der Waals surface area contributed by atoms with E-state index in [1.54, 1.807) is 0 Å². The SMILES string of the molecule is [c]1nc2c(o1)CCCCC2. The number of hydrogen-bond acceptors (Lipinski definition) is 2. The van der Waals surface area contributed by atoms with E-state index in [-0.39, 0.29) is 0 Å². The summed E-state index contributed by atoms with van der Waals surface area (Å²) in [6.45, 7) is 0. The maximum absolute atomic E-state index is 5.10. The minimum atomic E-state index is 1.06. The molecule has 1 radical (unpaired) electrons. The Hall–Kier alpha value is -0.790. The lowest BCUT2D eigenvalue weighted by Crippen LogP contribution is -1.85. The van der Waals surface area contributed by atoms with Gasteiger partial charge in [0.2, 0.25) is 0 Å². The molecule has 10 heavy (non-hydrogen) atoms. The maximum atomic E-state index is 5.10. The van der Waals surface area contributed by atoms with Gasteiger partial charge in [-0.15, -0.1) is 0 Å². The zero-order valence-electron chi connectivity index (χ0n) is 5.89. The van der Waals surface area contributed by atoms with E-state index in [4.69, 9.17) is 4.42 Å². The predicted octanol–water partition coefficient (Wildman–Crippen LogP) is 1.74. The van der Waals surface area contributed by atoms with E-state index in [9.17, 15) is 0 Å². The molecule has 1 heterocycles. The topological polar surface area (TPSA) is 26.0 Å². The van der Waals surface area contributed by atoms with Crippen molar-refractivity contribution in [3.8, 4) is 0 Å². The fourth-order valence-corrected chi connectivity index (χ4v) is 1.40. The van der Waals surface area contributed by atoms with Gasteiger partial charge in [-0.2, -0.15) is 0 Å². The number of nitrogens with zero attached hydrogens (tertiary/aromatic N) is 1. The van der Waals surface area contributed by atoms with Gasteiger partial charge in [0.15, 0.2) is 0 Å². The second kappa shape index (κ2) is 2.45. The smallest absolute Gasteiger partial charge is 0.284 e. The molecule has 1 aliphatic carbocycles. The molecule has 53 valence electrons. The van der Waals surface area contributed by atoms with Crippen molar-refractivity contribution in [3.63, 3.8) is 0 Å². The van der Waals surface area contributed by atoms with Crippen molar-refractivity contribution in [1.82, 2.24) is 4.98 Å². The van der Waals surface area contributed by atoms with Gasteiger partial charge in [0.05, 0.1) is 5.69 Å². The number of oxazole rings is 1. The van der Waals surface area contributed by atoms with E-state index in [1.165, 1.54) is 19.3 Å². The third-order valence-electron chi connectivity index (χ3n) is 1.99. The Bertz CT molecular complexity index is 196. The Kier molecular flexibility index (Phi) is 1.46. The largest absolute Gasteiger partial charge is 0.437 e. The average molecular weight is 136 g/mol. The van der Waals surface area contributed by atoms with Gasteiger partial charge < -0.3 is 4.42 Å². The number of hydrogen-bond donors (Lipinski definition) is 0.